The standard InChI is InChI=1S/C12H20N2O3/c1-13-11(15)9-4-2-6-14(8-9)12(16)10-5-3-7-17-10/h9-10H,2-8H2,1H3,(H,13,15). The fourth-order valence-corrected chi connectivity index (χ4v) is 2.57. The highest BCUT2D eigenvalue weighted by atomic mass is 16.5. The molecule has 1 N–H and O–H groups in total. The number of likely N-dealkylation sites (tertiary alicyclic amines) is 1. The van der Waals surface area contributed by atoms with E-state index in [1.165, 1.54) is 0 Å². The van der Waals surface area contributed by atoms with Gasteiger partial charge in [-0.3, -0.25) is 9.59 Å². The van der Waals surface area contributed by atoms with Crippen molar-refractivity contribution in [3.05, 3.63) is 0 Å². The highest BCUT2D eigenvalue weighted by Gasteiger charge is 2.33. The number of hydrogen-bond acceptors (Lipinski definition) is 3. The molecule has 0 aromatic heterocycles. The van der Waals surface area contributed by atoms with Gasteiger partial charge in [-0.05, 0) is 25.7 Å². The zero-order valence-corrected chi connectivity index (χ0v) is 10.3. The monoisotopic (exact) mass is 240 g/mol. The van der Waals surface area contributed by atoms with E-state index < -0.39 is 0 Å². The van der Waals surface area contributed by atoms with Crippen molar-refractivity contribution < 1.29 is 14.3 Å². The Morgan fingerprint density at radius 2 is 2.12 bits per heavy atom. The van der Waals surface area contributed by atoms with Gasteiger partial charge < -0.3 is 15.0 Å². The Morgan fingerprint density at radius 1 is 1.29 bits per heavy atom. The minimum atomic E-state index is -0.265. The maximum Gasteiger partial charge on any atom is 0.251 e. The van der Waals surface area contributed by atoms with Gasteiger partial charge in [-0.1, -0.05) is 0 Å². The molecule has 0 aromatic rings. The van der Waals surface area contributed by atoms with Gasteiger partial charge in [0.05, 0.1) is 5.92 Å². The topological polar surface area (TPSA) is 58.6 Å². The molecule has 2 amide bonds. The molecule has 96 valence electrons. The molecule has 0 radical (unpaired) electrons. The van der Waals surface area contributed by atoms with Crippen LogP contribution in [0.25, 0.3) is 0 Å². The van der Waals surface area contributed by atoms with Gasteiger partial charge in [-0.2, -0.15) is 0 Å². The molecule has 2 heterocycles. The van der Waals surface area contributed by atoms with E-state index in [9.17, 15) is 9.59 Å². The molecule has 0 aromatic carbocycles. The third-order valence-corrected chi connectivity index (χ3v) is 3.56. The van der Waals surface area contributed by atoms with Gasteiger partial charge in [0, 0.05) is 26.7 Å². The second-order valence-corrected chi connectivity index (χ2v) is 4.74. The maximum atomic E-state index is 12.1. The molecule has 5 nitrogen and oxygen atoms in total. The maximum absolute atomic E-state index is 12.1. The van der Waals surface area contributed by atoms with E-state index in [0.29, 0.717) is 13.2 Å². The number of carbonyl (C=O) groups is 2. The lowest BCUT2D eigenvalue weighted by Crippen LogP contribution is -2.48. The van der Waals surface area contributed by atoms with Crippen molar-refractivity contribution in [2.75, 3.05) is 26.7 Å². The highest BCUT2D eigenvalue weighted by Crippen LogP contribution is 2.21. The van der Waals surface area contributed by atoms with Crippen LogP contribution in [0.15, 0.2) is 0 Å². The molecule has 2 unspecified atom stereocenters. The van der Waals surface area contributed by atoms with E-state index in [1.54, 1.807) is 11.9 Å². The zero-order chi connectivity index (χ0) is 12.3. The number of rotatable bonds is 2. The molecule has 5 heteroatoms. The first-order valence-corrected chi connectivity index (χ1v) is 6.34. The summed E-state index contributed by atoms with van der Waals surface area (Å²) in [5.74, 6) is 0.0463. The normalized spacial score (nSPS) is 29.1. The summed E-state index contributed by atoms with van der Waals surface area (Å²) in [6, 6.07) is 0. The SMILES string of the molecule is CNC(=O)C1CCCN(C(=O)C2CCCO2)C1. The molecule has 2 aliphatic rings. The molecule has 0 spiro atoms. The molecule has 0 bridgehead atoms. The summed E-state index contributed by atoms with van der Waals surface area (Å²) in [5.41, 5.74) is 0. The molecule has 2 atom stereocenters. The minimum absolute atomic E-state index is 0.0369. The van der Waals surface area contributed by atoms with E-state index in [-0.39, 0.29) is 23.8 Å². The van der Waals surface area contributed by atoms with Crippen molar-refractivity contribution >= 4 is 11.8 Å². The Morgan fingerprint density at radius 3 is 2.76 bits per heavy atom. The van der Waals surface area contributed by atoms with E-state index >= 15 is 0 Å². The van der Waals surface area contributed by atoms with Crippen LogP contribution in [-0.4, -0.2) is 49.6 Å². The lowest BCUT2D eigenvalue weighted by molar-refractivity contribution is -0.144. The van der Waals surface area contributed by atoms with Gasteiger partial charge in [0.2, 0.25) is 5.91 Å². The predicted octanol–water partition coefficient (Wildman–Crippen LogP) is 0.150. The van der Waals surface area contributed by atoms with Crippen molar-refractivity contribution in [1.82, 2.24) is 10.2 Å². The zero-order valence-electron chi connectivity index (χ0n) is 10.3. The van der Waals surface area contributed by atoms with Crippen molar-refractivity contribution in [2.24, 2.45) is 5.92 Å². The Balaban J connectivity index is 1.92. The van der Waals surface area contributed by atoms with Gasteiger partial charge in [-0.15, -0.1) is 0 Å². The minimum Gasteiger partial charge on any atom is -0.368 e. The first kappa shape index (κ1) is 12.4. The molecular weight excluding hydrogens is 220 g/mol. The van der Waals surface area contributed by atoms with Gasteiger partial charge in [0.25, 0.3) is 5.91 Å². The average molecular weight is 240 g/mol. The molecule has 0 aliphatic carbocycles. The Bertz CT molecular complexity index is 300. The van der Waals surface area contributed by atoms with Crippen LogP contribution in [0.4, 0.5) is 0 Å². The number of nitrogens with zero attached hydrogens (tertiary/aromatic N) is 1. The number of nitrogens with one attached hydrogen (secondary N) is 1. The van der Waals surface area contributed by atoms with E-state index in [4.69, 9.17) is 4.74 Å². The number of carbonyl (C=O) groups excluding carboxylic acids is 2. The first-order chi connectivity index (χ1) is 8.22. The highest BCUT2D eigenvalue weighted by molar-refractivity contribution is 5.83. The van der Waals surface area contributed by atoms with Crippen LogP contribution in [0.1, 0.15) is 25.7 Å². The second kappa shape index (κ2) is 5.49. The van der Waals surface area contributed by atoms with Gasteiger partial charge >= 0.3 is 0 Å². The predicted molar refractivity (Wildman–Crippen MR) is 62.3 cm³/mol. The molecule has 2 saturated heterocycles. The van der Waals surface area contributed by atoms with Crippen molar-refractivity contribution in [3.63, 3.8) is 0 Å². The number of piperidine rings is 1. The number of ether oxygens (including phenoxy) is 1. The third-order valence-electron chi connectivity index (χ3n) is 3.56. The number of amides is 2. The molecule has 2 rings (SSSR count). The van der Waals surface area contributed by atoms with Crippen LogP contribution in [0.3, 0.4) is 0 Å². The summed E-state index contributed by atoms with van der Waals surface area (Å²) in [6.45, 7) is 1.98. The van der Waals surface area contributed by atoms with E-state index in [1.807, 2.05) is 0 Å². The number of hydrogen-bond donors (Lipinski definition) is 1. The van der Waals surface area contributed by atoms with E-state index in [0.717, 1.165) is 32.2 Å². The van der Waals surface area contributed by atoms with Crippen LogP contribution in [0.2, 0.25) is 0 Å². The average Bonchev–Trinajstić information content (AvgIpc) is 2.91. The molecule has 0 saturated carbocycles. The van der Waals surface area contributed by atoms with Crippen LogP contribution >= 0.6 is 0 Å². The largest absolute Gasteiger partial charge is 0.368 e. The van der Waals surface area contributed by atoms with Crippen molar-refractivity contribution in [1.29, 1.82) is 0 Å². The van der Waals surface area contributed by atoms with Gasteiger partial charge in [0.1, 0.15) is 6.10 Å². The lowest BCUT2D eigenvalue weighted by atomic mass is 9.96. The van der Waals surface area contributed by atoms with Crippen molar-refractivity contribution in [3.8, 4) is 0 Å². The fourth-order valence-electron chi connectivity index (χ4n) is 2.57. The molecular formula is C12H20N2O3. The summed E-state index contributed by atoms with van der Waals surface area (Å²) in [5, 5.41) is 2.66. The Kier molecular flexibility index (Phi) is 3.99. The fraction of sp³-hybridized carbons (Fsp3) is 0.833. The van der Waals surface area contributed by atoms with Crippen LogP contribution in [0.5, 0.6) is 0 Å². The lowest BCUT2D eigenvalue weighted by Gasteiger charge is -2.33. The summed E-state index contributed by atoms with van der Waals surface area (Å²) < 4.78 is 5.40. The summed E-state index contributed by atoms with van der Waals surface area (Å²) in [6.07, 6.45) is 3.28. The quantitative estimate of drug-likeness (QED) is 0.747. The summed E-state index contributed by atoms with van der Waals surface area (Å²) in [7, 11) is 1.64. The van der Waals surface area contributed by atoms with E-state index in [2.05, 4.69) is 5.32 Å². The van der Waals surface area contributed by atoms with Crippen LogP contribution in [-0.2, 0) is 14.3 Å². The first-order valence-electron chi connectivity index (χ1n) is 6.34. The van der Waals surface area contributed by atoms with Crippen LogP contribution in [0, 0.1) is 5.92 Å². The third kappa shape index (κ3) is 2.77. The summed E-state index contributed by atoms with van der Waals surface area (Å²) >= 11 is 0. The second-order valence-electron chi connectivity index (χ2n) is 4.74. The molecule has 2 fully saturated rings. The molecule has 17 heavy (non-hydrogen) atoms. The van der Waals surface area contributed by atoms with Crippen LogP contribution < -0.4 is 5.32 Å². The van der Waals surface area contributed by atoms with Gasteiger partial charge in [0.15, 0.2) is 0 Å². The van der Waals surface area contributed by atoms with Gasteiger partial charge in [-0.25, -0.2) is 0 Å². The Labute approximate surface area is 101 Å². The summed E-state index contributed by atoms with van der Waals surface area (Å²) in [4.78, 5) is 25.5. The smallest absolute Gasteiger partial charge is 0.251 e. The van der Waals surface area contributed by atoms with Crippen molar-refractivity contribution in [2.45, 2.75) is 31.8 Å². The Hall–Kier alpha value is -1.10. The molecule has 2 aliphatic heterocycles.